The van der Waals surface area contributed by atoms with Crippen molar-refractivity contribution in [2.45, 2.75) is 13.3 Å². The lowest BCUT2D eigenvalue weighted by molar-refractivity contribution is -0.131. The van der Waals surface area contributed by atoms with Crippen LogP contribution in [0.25, 0.3) is 12.2 Å². The lowest BCUT2D eigenvalue weighted by atomic mass is 10.0. The minimum atomic E-state index is -1.05. The fourth-order valence-corrected chi connectivity index (χ4v) is 2.49. The standard InChI is InChI=1S/C21H22O6/c1-3-27-18-12-14(7-9-17(18)22)5-4-6-16-11-15(8-10-20(23)24)13-19(26-2)21(16)25/h4-5,7-13,22,25H,3,6H2,1-2H3,(H,23,24). The van der Waals surface area contributed by atoms with Crippen LogP contribution >= 0.6 is 0 Å². The maximum atomic E-state index is 10.7. The summed E-state index contributed by atoms with van der Waals surface area (Å²) in [6.45, 7) is 2.29. The monoisotopic (exact) mass is 370 g/mol. The molecule has 0 fully saturated rings. The third-order valence-corrected chi connectivity index (χ3v) is 3.75. The first-order chi connectivity index (χ1) is 12.9. The summed E-state index contributed by atoms with van der Waals surface area (Å²) in [4.78, 5) is 10.7. The minimum absolute atomic E-state index is 0.00957. The number of methoxy groups -OCH3 is 1. The van der Waals surface area contributed by atoms with Gasteiger partial charge in [-0.25, -0.2) is 4.79 Å². The van der Waals surface area contributed by atoms with Crippen molar-refractivity contribution in [3.63, 3.8) is 0 Å². The van der Waals surface area contributed by atoms with E-state index >= 15 is 0 Å². The van der Waals surface area contributed by atoms with E-state index in [0.29, 0.717) is 29.9 Å². The summed E-state index contributed by atoms with van der Waals surface area (Å²) in [5.74, 6) is -0.287. The van der Waals surface area contributed by atoms with Gasteiger partial charge in [0.25, 0.3) is 0 Å². The Labute approximate surface area is 157 Å². The van der Waals surface area contributed by atoms with E-state index in [0.717, 1.165) is 11.6 Å². The Bertz CT molecular complexity index is 867. The highest BCUT2D eigenvalue weighted by Crippen LogP contribution is 2.33. The normalized spacial score (nSPS) is 11.2. The number of aliphatic carboxylic acids is 1. The summed E-state index contributed by atoms with van der Waals surface area (Å²) < 4.78 is 10.5. The molecule has 142 valence electrons. The number of carbonyl (C=O) groups is 1. The summed E-state index contributed by atoms with van der Waals surface area (Å²) in [5.41, 5.74) is 2.04. The summed E-state index contributed by atoms with van der Waals surface area (Å²) in [6.07, 6.45) is 6.56. The Balaban J connectivity index is 2.23. The van der Waals surface area contributed by atoms with E-state index in [4.69, 9.17) is 14.6 Å². The van der Waals surface area contributed by atoms with E-state index in [1.54, 1.807) is 30.3 Å². The topological polar surface area (TPSA) is 96.2 Å². The number of rotatable bonds is 8. The van der Waals surface area contributed by atoms with E-state index in [1.165, 1.54) is 13.2 Å². The summed E-state index contributed by atoms with van der Waals surface area (Å²) in [6, 6.07) is 8.30. The molecule has 0 saturated carbocycles. The number of carboxylic acid groups (broad SMARTS) is 1. The Hall–Kier alpha value is -3.41. The van der Waals surface area contributed by atoms with Crippen LogP contribution in [0.15, 0.2) is 42.5 Å². The van der Waals surface area contributed by atoms with E-state index < -0.39 is 5.97 Å². The molecule has 0 heterocycles. The molecule has 2 rings (SSSR count). The molecule has 0 aliphatic rings. The smallest absolute Gasteiger partial charge is 0.328 e. The second-order valence-corrected chi connectivity index (χ2v) is 5.67. The zero-order chi connectivity index (χ0) is 19.8. The van der Waals surface area contributed by atoms with E-state index in [2.05, 4.69) is 0 Å². The lowest BCUT2D eigenvalue weighted by Gasteiger charge is -2.09. The van der Waals surface area contributed by atoms with Crippen LogP contribution < -0.4 is 9.47 Å². The number of hydrogen-bond acceptors (Lipinski definition) is 5. The highest BCUT2D eigenvalue weighted by atomic mass is 16.5. The number of phenols is 2. The third kappa shape index (κ3) is 5.54. The molecule has 0 amide bonds. The zero-order valence-corrected chi connectivity index (χ0v) is 15.2. The molecule has 6 heteroatoms. The number of phenolic OH excluding ortho intramolecular Hbond substituents is 2. The van der Waals surface area contributed by atoms with Gasteiger partial charge in [-0.05, 0) is 54.8 Å². The van der Waals surface area contributed by atoms with Crippen molar-refractivity contribution in [2.75, 3.05) is 13.7 Å². The molecule has 6 nitrogen and oxygen atoms in total. The van der Waals surface area contributed by atoms with Crippen LogP contribution in [0.4, 0.5) is 0 Å². The SMILES string of the molecule is CCOc1cc(C=CCc2cc(C=CC(=O)O)cc(OC)c2O)ccc1O. The molecule has 0 bridgehead atoms. The van der Waals surface area contributed by atoms with E-state index in [1.807, 2.05) is 19.1 Å². The van der Waals surface area contributed by atoms with Crippen LogP contribution in [0, 0.1) is 0 Å². The summed E-state index contributed by atoms with van der Waals surface area (Å²) in [7, 11) is 1.44. The van der Waals surface area contributed by atoms with Gasteiger partial charge in [0.05, 0.1) is 13.7 Å². The van der Waals surface area contributed by atoms with Crippen molar-refractivity contribution in [3.8, 4) is 23.0 Å². The molecule has 2 aromatic carbocycles. The Morgan fingerprint density at radius 3 is 2.48 bits per heavy atom. The van der Waals surface area contributed by atoms with Crippen LogP contribution in [0.5, 0.6) is 23.0 Å². The summed E-state index contributed by atoms with van der Waals surface area (Å²) >= 11 is 0. The van der Waals surface area contributed by atoms with Crippen LogP contribution in [0.3, 0.4) is 0 Å². The fourth-order valence-electron chi connectivity index (χ4n) is 2.49. The third-order valence-electron chi connectivity index (χ3n) is 3.75. The molecule has 0 atom stereocenters. The molecule has 0 radical (unpaired) electrons. The minimum Gasteiger partial charge on any atom is -0.504 e. The van der Waals surface area contributed by atoms with Crippen molar-refractivity contribution in [1.29, 1.82) is 0 Å². The Morgan fingerprint density at radius 2 is 1.81 bits per heavy atom. The number of allylic oxidation sites excluding steroid dienone is 1. The maximum absolute atomic E-state index is 10.7. The average molecular weight is 370 g/mol. The maximum Gasteiger partial charge on any atom is 0.328 e. The summed E-state index contributed by atoms with van der Waals surface area (Å²) in [5, 5.41) is 28.8. The second-order valence-electron chi connectivity index (χ2n) is 5.67. The van der Waals surface area contributed by atoms with Gasteiger partial charge in [0.1, 0.15) is 0 Å². The molecule has 0 aliphatic heterocycles. The van der Waals surface area contributed by atoms with Gasteiger partial charge >= 0.3 is 5.97 Å². The number of carboxylic acids is 1. The average Bonchev–Trinajstić information content (AvgIpc) is 2.64. The van der Waals surface area contributed by atoms with Gasteiger partial charge in [-0.15, -0.1) is 0 Å². The van der Waals surface area contributed by atoms with E-state index in [-0.39, 0.29) is 17.2 Å². The van der Waals surface area contributed by atoms with Gasteiger partial charge in [-0.3, -0.25) is 0 Å². The van der Waals surface area contributed by atoms with Crippen molar-refractivity contribution >= 4 is 18.1 Å². The van der Waals surface area contributed by atoms with Crippen molar-refractivity contribution in [1.82, 2.24) is 0 Å². The van der Waals surface area contributed by atoms with Gasteiger partial charge in [0, 0.05) is 11.6 Å². The van der Waals surface area contributed by atoms with Gasteiger partial charge in [-0.1, -0.05) is 18.2 Å². The zero-order valence-electron chi connectivity index (χ0n) is 15.2. The molecule has 3 N–H and O–H groups in total. The van der Waals surface area contributed by atoms with Crippen LogP contribution in [0.1, 0.15) is 23.6 Å². The fraction of sp³-hybridized carbons (Fsp3) is 0.190. The first kappa shape index (κ1) is 19.9. The molecular weight excluding hydrogens is 348 g/mol. The Kier molecular flexibility index (Phi) is 6.88. The van der Waals surface area contributed by atoms with Crippen LogP contribution in [-0.4, -0.2) is 35.0 Å². The van der Waals surface area contributed by atoms with Crippen LogP contribution in [-0.2, 0) is 11.2 Å². The van der Waals surface area contributed by atoms with Gasteiger partial charge in [-0.2, -0.15) is 0 Å². The molecule has 0 unspecified atom stereocenters. The van der Waals surface area contributed by atoms with Crippen molar-refractivity contribution < 1.29 is 29.6 Å². The van der Waals surface area contributed by atoms with Crippen molar-refractivity contribution in [2.24, 2.45) is 0 Å². The van der Waals surface area contributed by atoms with Gasteiger partial charge in [0.2, 0.25) is 0 Å². The largest absolute Gasteiger partial charge is 0.504 e. The predicted octanol–water partition coefficient (Wildman–Crippen LogP) is 3.86. The van der Waals surface area contributed by atoms with Crippen molar-refractivity contribution in [3.05, 3.63) is 59.2 Å². The second kappa shape index (κ2) is 9.33. The first-order valence-electron chi connectivity index (χ1n) is 8.37. The van der Waals surface area contributed by atoms with Crippen LogP contribution in [0.2, 0.25) is 0 Å². The number of ether oxygens (including phenoxy) is 2. The predicted molar refractivity (Wildman–Crippen MR) is 103 cm³/mol. The molecule has 0 aliphatic carbocycles. The lowest BCUT2D eigenvalue weighted by Crippen LogP contribution is -1.92. The highest BCUT2D eigenvalue weighted by molar-refractivity contribution is 5.85. The molecule has 2 aromatic rings. The number of hydrogen-bond donors (Lipinski definition) is 3. The highest BCUT2D eigenvalue weighted by Gasteiger charge is 2.09. The number of benzene rings is 2. The molecule has 0 saturated heterocycles. The quantitative estimate of drug-likeness (QED) is 0.611. The molecule has 0 aromatic heterocycles. The number of aromatic hydroxyl groups is 2. The Morgan fingerprint density at radius 1 is 1.07 bits per heavy atom. The molecular formula is C21H22O6. The van der Waals surface area contributed by atoms with Gasteiger partial charge < -0.3 is 24.8 Å². The molecule has 0 spiro atoms. The van der Waals surface area contributed by atoms with Gasteiger partial charge in [0.15, 0.2) is 23.0 Å². The molecule has 27 heavy (non-hydrogen) atoms. The van der Waals surface area contributed by atoms with E-state index in [9.17, 15) is 15.0 Å². The first-order valence-corrected chi connectivity index (χ1v) is 8.37.